The molecule has 2 N–H and O–H groups in total. The number of benzene rings is 1. The standard InChI is InChI=1S/C15H23N3O/c1-18-14-8-3-2-7-13(14)17-15(18)9-6-11-16-10-4-5-12-19/h2-3,7-8,16,19H,4-6,9-12H2,1H3. The molecule has 0 radical (unpaired) electrons. The molecule has 104 valence electrons. The van der Waals surface area contributed by atoms with E-state index in [1.165, 1.54) is 5.52 Å². The molecule has 4 heteroatoms. The van der Waals surface area contributed by atoms with Crippen LogP contribution >= 0.6 is 0 Å². The topological polar surface area (TPSA) is 50.1 Å². The van der Waals surface area contributed by atoms with E-state index in [1.54, 1.807) is 0 Å². The van der Waals surface area contributed by atoms with Gasteiger partial charge >= 0.3 is 0 Å². The third-order valence-corrected chi connectivity index (χ3v) is 3.40. The van der Waals surface area contributed by atoms with E-state index < -0.39 is 0 Å². The number of aliphatic hydroxyl groups is 1. The molecule has 0 atom stereocenters. The van der Waals surface area contributed by atoms with Crippen LogP contribution in [0.25, 0.3) is 11.0 Å². The maximum absolute atomic E-state index is 8.68. The molecule has 0 fully saturated rings. The van der Waals surface area contributed by atoms with Crippen LogP contribution in [-0.2, 0) is 13.5 Å². The largest absolute Gasteiger partial charge is 0.396 e. The van der Waals surface area contributed by atoms with E-state index in [2.05, 4.69) is 40.1 Å². The molecular formula is C15H23N3O. The van der Waals surface area contributed by atoms with Crippen molar-refractivity contribution in [2.45, 2.75) is 25.7 Å². The van der Waals surface area contributed by atoms with Gasteiger partial charge in [0.25, 0.3) is 0 Å². The quantitative estimate of drug-likeness (QED) is 0.713. The van der Waals surface area contributed by atoms with E-state index >= 15 is 0 Å². The Kier molecular flexibility index (Phi) is 5.36. The molecule has 4 nitrogen and oxygen atoms in total. The lowest BCUT2D eigenvalue weighted by Crippen LogP contribution is -2.18. The smallest absolute Gasteiger partial charge is 0.109 e. The van der Waals surface area contributed by atoms with Crippen molar-refractivity contribution >= 4 is 11.0 Å². The molecule has 0 bridgehead atoms. The molecule has 2 aromatic rings. The lowest BCUT2D eigenvalue weighted by molar-refractivity contribution is 0.283. The monoisotopic (exact) mass is 261 g/mol. The summed E-state index contributed by atoms with van der Waals surface area (Å²) in [6.07, 6.45) is 4.02. The van der Waals surface area contributed by atoms with E-state index in [9.17, 15) is 0 Å². The van der Waals surface area contributed by atoms with E-state index in [-0.39, 0.29) is 0 Å². The molecule has 0 unspecified atom stereocenters. The Labute approximate surface area is 114 Å². The van der Waals surface area contributed by atoms with Gasteiger partial charge in [0.15, 0.2) is 0 Å². The van der Waals surface area contributed by atoms with E-state index in [0.29, 0.717) is 6.61 Å². The minimum Gasteiger partial charge on any atom is -0.396 e. The molecule has 1 heterocycles. The zero-order valence-corrected chi connectivity index (χ0v) is 11.6. The van der Waals surface area contributed by atoms with Crippen molar-refractivity contribution in [3.05, 3.63) is 30.1 Å². The number of hydrogen-bond donors (Lipinski definition) is 2. The summed E-state index contributed by atoms with van der Waals surface area (Å²) in [5.74, 6) is 1.15. The number of aromatic nitrogens is 2. The van der Waals surface area contributed by atoms with Gasteiger partial charge < -0.3 is 15.0 Å². The summed E-state index contributed by atoms with van der Waals surface area (Å²) in [6.45, 7) is 2.29. The number of rotatable bonds is 8. The highest BCUT2D eigenvalue weighted by atomic mass is 16.2. The maximum atomic E-state index is 8.68. The molecule has 0 saturated heterocycles. The Bertz CT molecular complexity index is 507. The van der Waals surface area contributed by atoms with Crippen molar-refractivity contribution in [1.82, 2.24) is 14.9 Å². The van der Waals surface area contributed by atoms with Crippen molar-refractivity contribution in [3.8, 4) is 0 Å². The summed E-state index contributed by atoms with van der Waals surface area (Å²) in [4.78, 5) is 4.66. The predicted octanol–water partition coefficient (Wildman–Crippen LogP) is 1.87. The first-order valence-corrected chi connectivity index (χ1v) is 7.05. The SMILES string of the molecule is Cn1c(CCCNCCCCO)nc2ccccc21. The van der Waals surface area contributed by atoms with Crippen molar-refractivity contribution in [1.29, 1.82) is 0 Å². The molecule has 0 aliphatic heterocycles. The highest BCUT2D eigenvalue weighted by Crippen LogP contribution is 2.14. The van der Waals surface area contributed by atoms with Gasteiger partial charge in [-0.1, -0.05) is 12.1 Å². The molecule has 2 rings (SSSR count). The van der Waals surface area contributed by atoms with Gasteiger partial charge in [-0.05, 0) is 44.5 Å². The van der Waals surface area contributed by atoms with E-state index in [4.69, 9.17) is 5.11 Å². The summed E-state index contributed by atoms with van der Waals surface area (Å²) in [6, 6.07) is 8.25. The summed E-state index contributed by atoms with van der Waals surface area (Å²) in [5, 5.41) is 12.1. The number of aryl methyl sites for hydroxylation is 2. The van der Waals surface area contributed by atoms with Crippen LogP contribution in [0, 0.1) is 0 Å². The molecule has 0 aliphatic carbocycles. The van der Waals surface area contributed by atoms with Crippen molar-refractivity contribution in [3.63, 3.8) is 0 Å². The minimum atomic E-state index is 0.293. The Hall–Kier alpha value is -1.39. The summed E-state index contributed by atoms with van der Waals surface area (Å²) in [7, 11) is 2.08. The van der Waals surface area contributed by atoms with E-state index in [1.807, 2.05) is 6.07 Å². The van der Waals surface area contributed by atoms with Crippen molar-refractivity contribution in [2.75, 3.05) is 19.7 Å². The fourth-order valence-electron chi connectivity index (χ4n) is 2.28. The third-order valence-electron chi connectivity index (χ3n) is 3.40. The summed E-state index contributed by atoms with van der Waals surface area (Å²) >= 11 is 0. The number of hydrogen-bond acceptors (Lipinski definition) is 3. The van der Waals surface area contributed by atoms with Crippen LogP contribution in [0.2, 0.25) is 0 Å². The third kappa shape index (κ3) is 3.78. The van der Waals surface area contributed by atoms with E-state index in [0.717, 1.165) is 50.1 Å². The lowest BCUT2D eigenvalue weighted by atomic mass is 10.3. The van der Waals surface area contributed by atoms with Crippen LogP contribution < -0.4 is 5.32 Å². The molecule has 0 amide bonds. The molecular weight excluding hydrogens is 238 g/mol. The normalized spacial score (nSPS) is 11.3. The van der Waals surface area contributed by atoms with Crippen LogP contribution in [0.15, 0.2) is 24.3 Å². The Balaban J connectivity index is 1.77. The Morgan fingerprint density at radius 3 is 2.74 bits per heavy atom. The zero-order valence-electron chi connectivity index (χ0n) is 11.6. The predicted molar refractivity (Wildman–Crippen MR) is 78.2 cm³/mol. The van der Waals surface area contributed by atoms with Crippen LogP contribution in [0.3, 0.4) is 0 Å². The fourth-order valence-corrected chi connectivity index (χ4v) is 2.28. The number of aliphatic hydroxyl groups excluding tert-OH is 1. The molecule has 19 heavy (non-hydrogen) atoms. The second-order valence-corrected chi connectivity index (χ2v) is 4.86. The Morgan fingerprint density at radius 1 is 1.16 bits per heavy atom. The Morgan fingerprint density at radius 2 is 1.95 bits per heavy atom. The molecule has 1 aromatic carbocycles. The number of nitrogens with zero attached hydrogens (tertiary/aromatic N) is 2. The van der Waals surface area contributed by atoms with Gasteiger partial charge in [0.2, 0.25) is 0 Å². The first-order chi connectivity index (χ1) is 9.33. The van der Waals surface area contributed by atoms with Crippen molar-refractivity contribution in [2.24, 2.45) is 7.05 Å². The zero-order chi connectivity index (χ0) is 13.5. The number of unbranched alkanes of at least 4 members (excludes halogenated alkanes) is 1. The number of imidazole rings is 1. The second kappa shape index (κ2) is 7.26. The first-order valence-electron chi connectivity index (χ1n) is 7.05. The average Bonchev–Trinajstić information content (AvgIpc) is 2.75. The molecule has 0 saturated carbocycles. The average molecular weight is 261 g/mol. The van der Waals surface area contributed by atoms with Gasteiger partial charge in [-0.25, -0.2) is 4.98 Å². The van der Waals surface area contributed by atoms with Crippen molar-refractivity contribution < 1.29 is 5.11 Å². The van der Waals surface area contributed by atoms with Gasteiger partial charge in [0.05, 0.1) is 11.0 Å². The van der Waals surface area contributed by atoms with Gasteiger partial charge in [0.1, 0.15) is 5.82 Å². The summed E-state index contributed by atoms with van der Waals surface area (Å²) in [5.41, 5.74) is 2.28. The van der Waals surface area contributed by atoms with Gasteiger partial charge in [-0.3, -0.25) is 0 Å². The second-order valence-electron chi connectivity index (χ2n) is 4.86. The van der Waals surface area contributed by atoms with Gasteiger partial charge in [-0.15, -0.1) is 0 Å². The first kappa shape index (κ1) is 14.0. The van der Waals surface area contributed by atoms with Crippen LogP contribution in [0.5, 0.6) is 0 Å². The van der Waals surface area contributed by atoms with Crippen LogP contribution in [-0.4, -0.2) is 34.4 Å². The number of nitrogens with one attached hydrogen (secondary N) is 1. The summed E-state index contributed by atoms with van der Waals surface area (Å²) < 4.78 is 2.18. The minimum absolute atomic E-state index is 0.293. The molecule has 1 aromatic heterocycles. The number of para-hydroxylation sites is 2. The highest BCUT2D eigenvalue weighted by Gasteiger charge is 2.05. The lowest BCUT2D eigenvalue weighted by Gasteiger charge is -2.04. The van der Waals surface area contributed by atoms with Gasteiger partial charge in [0, 0.05) is 20.1 Å². The molecule has 0 aliphatic rings. The van der Waals surface area contributed by atoms with Crippen LogP contribution in [0.4, 0.5) is 0 Å². The highest BCUT2D eigenvalue weighted by molar-refractivity contribution is 5.75. The van der Waals surface area contributed by atoms with Crippen LogP contribution in [0.1, 0.15) is 25.1 Å². The number of fused-ring (bicyclic) bond motifs is 1. The van der Waals surface area contributed by atoms with Gasteiger partial charge in [-0.2, -0.15) is 0 Å². The maximum Gasteiger partial charge on any atom is 0.109 e. The molecule has 0 spiro atoms. The fraction of sp³-hybridized carbons (Fsp3) is 0.533.